The highest BCUT2D eigenvalue weighted by molar-refractivity contribution is 6.38. The average Bonchev–Trinajstić information content (AvgIpc) is 2.53. The third-order valence-electron chi connectivity index (χ3n) is 3.53. The number of benzene rings is 2. The summed E-state index contributed by atoms with van der Waals surface area (Å²) in [6, 6.07) is 15.5. The van der Waals surface area contributed by atoms with Crippen LogP contribution in [-0.2, 0) is 20.9 Å². The van der Waals surface area contributed by atoms with Crippen LogP contribution in [0.25, 0.3) is 11.1 Å². The van der Waals surface area contributed by atoms with Crippen LogP contribution in [0.1, 0.15) is 12.5 Å². The van der Waals surface area contributed by atoms with Gasteiger partial charge in [0.1, 0.15) is 0 Å². The number of fused-ring (bicyclic) bond motifs is 3. The maximum atomic E-state index is 12.3. The Morgan fingerprint density at radius 3 is 2.48 bits per heavy atom. The summed E-state index contributed by atoms with van der Waals surface area (Å²) in [5.74, 6) is -1.44. The Bertz CT molecular complexity index is 709. The molecule has 0 bridgehead atoms. The molecule has 1 amide bonds. The van der Waals surface area contributed by atoms with Crippen LogP contribution >= 0.6 is 0 Å². The fraction of sp³-hybridized carbons (Fsp3) is 0.176. The van der Waals surface area contributed by atoms with E-state index >= 15 is 0 Å². The minimum Gasteiger partial charge on any atom is -0.459 e. The Hall–Kier alpha value is -2.62. The molecule has 106 valence electrons. The van der Waals surface area contributed by atoms with E-state index in [1.165, 1.54) is 4.90 Å². The summed E-state index contributed by atoms with van der Waals surface area (Å²) < 4.78 is 4.83. The zero-order valence-corrected chi connectivity index (χ0v) is 11.7. The number of carbonyl (C=O) groups is 2. The molecule has 0 saturated carbocycles. The molecule has 0 radical (unpaired) electrons. The SMILES string of the molecule is CCOC(=O)C(=O)N1Cc2ccccc2-c2ccccc21. The molecule has 3 rings (SSSR count). The van der Waals surface area contributed by atoms with Crippen LogP contribution in [0.4, 0.5) is 5.69 Å². The summed E-state index contributed by atoms with van der Waals surface area (Å²) in [7, 11) is 0. The van der Waals surface area contributed by atoms with Crippen molar-refractivity contribution in [2.24, 2.45) is 0 Å². The first-order valence-electron chi connectivity index (χ1n) is 6.88. The van der Waals surface area contributed by atoms with Crippen LogP contribution in [-0.4, -0.2) is 18.5 Å². The Morgan fingerprint density at radius 2 is 1.71 bits per heavy atom. The first kappa shape index (κ1) is 13.4. The number of para-hydroxylation sites is 1. The molecule has 0 unspecified atom stereocenters. The highest BCUT2D eigenvalue weighted by Gasteiger charge is 2.30. The van der Waals surface area contributed by atoms with E-state index in [1.807, 2.05) is 48.5 Å². The number of esters is 1. The van der Waals surface area contributed by atoms with Gasteiger partial charge in [-0.15, -0.1) is 0 Å². The molecule has 2 aromatic rings. The third kappa shape index (κ3) is 2.29. The lowest BCUT2D eigenvalue weighted by Crippen LogP contribution is -2.39. The van der Waals surface area contributed by atoms with Crippen molar-refractivity contribution in [1.29, 1.82) is 0 Å². The lowest BCUT2D eigenvalue weighted by Gasteiger charge is -2.30. The molecule has 0 N–H and O–H groups in total. The van der Waals surface area contributed by atoms with Crippen molar-refractivity contribution < 1.29 is 14.3 Å². The van der Waals surface area contributed by atoms with Crippen LogP contribution in [0.3, 0.4) is 0 Å². The lowest BCUT2D eigenvalue weighted by atomic mass is 9.93. The van der Waals surface area contributed by atoms with Crippen molar-refractivity contribution in [1.82, 2.24) is 0 Å². The van der Waals surface area contributed by atoms with Gasteiger partial charge in [-0.1, -0.05) is 42.5 Å². The summed E-state index contributed by atoms with van der Waals surface area (Å²) in [4.78, 5) is 25.5. The Balaban J connectivity index is 2.06. The molecule has 0 aromatic heterocycles. The van der Waals surface area contributed by atoms with Crippen LogP contribution in [0, 0.1) is 0 Å². The van der Waals surface area contributed by atoms with E-state index in [9.17, 15) is 9.59 Å². The van der Waals surface area contributed by atoms with Gasteiger partial charge in [-0.05, 0) is 24.1 Å². The van der Waals surface area contributed by atoms with Crippen molar-refractivity contribution in [3.8, 4) is 11.1 Å². The predicted molar refractivity (Wildman–Crippen MR) is 79.7 cm³/mol. The molecular weight excluding hydrogens is 266 g/mol. The quantitative estimate of drug-likeness (QED) is 0.596. The summed E-state index contributed by atoms with van der Waals surface area (Å²) >= 11 is 0. The number of anilines is 1. The first-order chi connectivity index (χ1) is 10.2. The van der Waals surface area contributed by atoms with Crippen molar-refractivity contribution in [3.05, 3.63) is 54.1 Å². The van der Waals surface area contributed by atoms with Crippen molar-refractivity contribution in [2.45, 2.75) is 13.5 Å². The van der Waals surface area contributed by atoms with Gasteiger partial charge in [0.15, 0.2) is 0 Å². The maximum absolute atomic E-state index is 12.3. The third-order valence-corrected chi connectivity index (χ3v) is 3.53. The second kappa shape index (κ2) is 5.40. The average molecular weight is 281 g/mol. The topological polar surface area (TPSA) is 46.6 Å². The smallest absolute Gasteiger partial charge is 0.397 e. The largest absolute Gasteiger partial charge is 0.459 e. The molecule has 21 heavy (non-hydrogen) atoms. The molecule has 0 spiro atoms. The van der Waals surface area contributed by atoms with Gasteiger partial charge in [0.2, 0.25) is 0 Å². The zero-order valence-electron chi connectivity index (χ0n) is 11.7. The van der Waals surface area contributed by atoms with E-state index in [0.29, 0.717) is 6.54 Å². The Kier molecular flexibility index (Phi) is 3.44. The molecular formula is C17H15NO3. The molecule has 1 aliphatic heterocycles. The first-order valence-corrected chi connectivity index (χ1v) is 6.88. The predicted octanol–water partition coefficient (Wildman–Crippen LogP) is 2.76. The summed E-state index contributed by atoms with van der Waals surface area (Å²) in [5.41, 5.74) is 3.82. The lowest BCUT2D eigenvalue weighted by molar-refractivity contribution is -0.153. The number of amides is 1. The van der Waals surface area contributed by atoms with Crippen LogP contribution in [0.15, 0.2) is 48.5 Å². The molecule has 4 nitrogen and oxygen atoms in total. The number of rotatable bonds is 1. The number of hydrogen-bond acceptors (Lipinski definition) is 3. The monoisotopic (exact) mass is 281 g/mol. The van der Waals surface area contributed by atoms with Gasteiger partial charge in [0, 0.05) is 5.56 Å². The summed E-state index contributed by atoms with van der Waals surface area (Å²) in [6.07, 6.45) is 0. The molecule has 0 atom stereocenters. The van der Waals surface area contributed by atoms with Crippen molar-refractivity contribution >= 4 is 17.6 Å². The zero-order chi connectivity index (χ0) is 14.8. The van der Waals surface area contributed by atoms with Crippen LogP contribution in [0.5, 0.6) is 0 Å². The number of carbonyl (C=O) groups excluding carboxylic acids is 2. The molecule has 1 heterocycles. The summed E-state index contributed by atoms with van der Waals surface area (Å²) in [6.45, 7) is 2.26. The molecule has 2 aromatic carbocycles. The Labute approximate surface area is 123 Å². The fourth-order valence-electron chi connectivity index (χ4n) is 2.60. The van der Waals surface area contributed by atoms with E-state index in [0.717, 1.165) is 22.4 Å². The van der Waals surface area contributed by atoms with Crippen molar-refractivity contribution in [3.63, 3.8) is 0 Å². The van der Waals surface area contributed by atoms with E-state index in [-0.39, 0.29) is 6.61 Å². The molecule has 0 fully saturated rings. The fourth-order valence-corrected chi connectivity index (χ4v) is 2.60. The van der Waals surface area contributed by atoms with Gasteiger partial charge in [-0.2, -0.15) is 0 Å². The van der Waals surface area contributed by atoms with Crippen LogP contribution in [0.2, 0.25) is 0 Å². The Morgan fingerprint density at radius 1 is 1.05 bits per heavy atom. The molecule has 0 saturated heterocycles. The van der Waals surface area contributed by atoms with E-state index < -0.39 is 11.9 Å². The minimum absolute atomic E-state index is 0.191. The number of ether oxygens (including phenoxy) is 1. The standard InChI is InChI=1S/C17H15NO3/c1-2-21-17(20)16(19)18-11-12-7-3-4-8-13(12)14-9-5-6-10-15(14)18/h3-10H,2,11H2,1H3. The molecule has 1 aliphatic rings. The van der Waals surface area contributed by atoms with Gasteiger partial charge >= 0.3 is 11.9 Å². The second-order valence-electron chi connectivity index (χ2n) is 4.79. The van der Waals surface area contributed by atoms with Gasteiger partial charge < -0.3 is 4.74 Å². The molecule has 4 heteroatoms. The van der Waals surface area contributed by atoms with Crippen LogP contribution < -0.4 is 4.90 Å². The highest BCUT2D eigenvalue weighted by Crippen LogP contribution is 2.38. The van der Waals surface area contributed by atoms with E-state index in [4.69, 9.17) is 4.74 Å². The number of nitrogens with zero attached hydrogens (tertiary/aromatic N) is 1. The second-order valence-corrected chi connectivity index (χ2v) is 4.79. The van der Waals surface area contributed by atoms with E-state index in [2.05, 4.69) is 0 Å². The van der Waals surface area contributed by atoms with Crippen molar-refractivity contribution in [2.75, 3.05) is 11.5 Å². The highest BCUT2D eigenvalue weighted by atomic mass is 16.5. The number of hydrogen-bond donors (Lipinski definition) is 0. The summed E-state index contributed by atoms with van der Waals surface area (Å²) in [5, 5.41) is 0. The van der Waals surface area contributed by atoms with Gasteiger partial charge in [0.25, 0.3) is 0 Å². The molecule has 0 aliphatic carbocycles. The van der Waals surface area contributed by atoms with Gasteiger partial charge in [0.05, 0.1) is 18.8 Å². The maximum Gasteiger partial charge on any atom is 0.397 e. The normalized spacial score (nSPS) is 12.3. The van der Waals surface area contributed by atoms with Gasteiger partial charge in [-0.25, -0.2) is 4.79 Å². The minimum atomic E-state index is -0.813. The van der Waals surface area contributed by atoms with E-state index in [1.54, 1.807) is 6.92 Å². The van der Waals surface area contributed by atoms with Gasteiger partial charge in [-0.3, -0.25) is 9.69 Å².